The number of halogens is 2. The maximum absolute atomic E-state index is 14.2. The third-order valence-corrected chi connectivity index (χ3v) is 4.21. The van der Waals surface area contributed by atoms with Crippen molar-refractivity contribution in [1.82, 2.24) is 9.55 Å². The maximum atomic E-state index is 14.2. The van der Waals surface area contributed by atoms with Gasteiger partial charge < -0.3 is 9.30 Å². The molecular formula is C17H14FIN2O2. The molecule has 0 aliphatic rings. The SMILES string of the molecule is CCOC(=O)c1cc2ccncc2n1Cc1ccc(I)cc1F. The van der Waals surface area contributed by atoms with Crippen LogP contribution < -0.4 is 0 Å². The molecule has 23 heavy (non-hydrogen) atoms. The van der Waals surface area contributed by atoms with Crippen molar-refractivity contribution in [2.75, 3.05) is 6.61 Å². The first-order valence-electron chi connectivity index (χ1n) is 7.14. The lowest BCUT2D eigenvalue weighted by atomic mass is 10.2. The number of benzene rings is 1. The zero-order valence-electron chi connectivity index (χ0n) is 12.4. The third kappa shape index (κ3) is 3.21. The molecule has 0 N–H and O–H groups in total. The lowest BCUT2D eigenvalue weighted by Crippen LogP contribution is -2.13. The fourth-order valence-electron chi connectivity index (χ4n) is 2.46. The molecule has 4 nitrogen and oxygen atoms in total. The van der Waals surface area contributed by atoms with Crippen LogP contribution in [0, 0.1) is 9.39 Å². The van der Waals surface area contributed by atoms with Crippen molar-refractivity contribution < 1.29 is 13.9 Å². The zero-order chi connectivity index (χ0) is 16.4. The van der Waals surface area contributed by atoms with Crippen LogP contribution in [0.25, 0.3) is 10.9 Å². The minimum Gasteiger partial charge on any atom is -0.461 e. The molecular weight excluding hydrogens is 410 g/mol. The van der Waals surface area contributed by atoms with E-state index in [0.29, 0.717) is 11.3 Å². The quantitative estimate of drug-likeness (QED) is 0.470. The maximum Gasteiger partial charge on any atom is 0.354 e. The second-order valence-corrected chi connectivity index (χ2v) is 6.25. The summed E-state index contributed by atoms with van der Waals surface area (Å²) in [6.45, 7) is 2.29. The van der Waals surface area contributed by atoms with Gasteiger partial charge in [0, 0.05) is 20.7 Å². The average Bonchev–Trinajstić information content (AvgIpc) is 2.89. The Morgan fingerprint density at radius 3 is 2.91 bits per heavy atom. The molecule has 0 saturated carbocycles. The van der Waals surface area contributed by atoms with Gasteiger partial charge in [0.25, 0.3) is 0 Å². The van der Waals surface area contributed by atoms with Crippen LogP contribution in [0.2, 0.25) is 0 Å². The van der Waals surface area contributed by atoms with E-state index in [9.17, 15) is 9.18 Å². The van der Waals surface area contributed by atoms with Crippen LogP contribution in [0.1, 0.15) is 23.0 Å². The Morgan fingerprint density at radius 1 is 1.35 bits per heavy atom. The number of carbonyl (C=O) groups is 1. The molecule has 0 spiro atoms. The lowest BCUT2D eigenvalue weighted by molar-refractivity contribution is 0.0515. The molecule has 0 atom stereocenters. The van der Waals surface area contributed by atoms with Gasteiger partial charge in [-0.05, 0) is 53.8 Å². The van der Waals surface area contributed by atoms with Gasteiger partial charge in [-0.2, -0.15) is 0 Å². The molecule has 0 aliphatic heterocycles. The largest absolute Gasteiger partial charge is 0.461 e. The smallest absolute Gasteiger partial charge is 0.354 e. The van der Waals surface area contributed by atoms with E-state index in [4.69, 9.17) is 4.74 Å². The van der Waals surface area contributed by atoms with Gasteiger partial charge in [-0.1, -0.05) is 6.07 Å². The van der Waals surface area contributed by atoms with Crippen molar-refractivity contribution in [3.63, 3.8) is 0 Å². The van der Waals surface area contributed by atoms with E-state index < -0.39 is 5.97 Å². The molecule has 118 valence electrons. The number of pyridine rings is 1. The molecule has 2 heterocycles. The summed E-state index contributed by atoms with van der Waals surface area (Å²) in [6, 6.07) is 8.61. The number of fused-ring (bicyclic) bond motifs is 1. The molecule has 3 rings (SSSR count). The fourth-order valence-corrected chi connectivity index (χ4v) is 2.92. The molecule has 0 unspecified atom stereocenters. The van der Waals surface area contributed by atoms with E-state index in [1.807, 2.05) is 12.1 Å². The number of esters is 1. The highest BCUT2D eigenvalue weighted by molar-refractivity contribution is 14.1. The van der Waals surface area contributed by atoms with Gasteiger partial charge in [0.2, 0.25) is 0 Å². The van der Waals surface area contributed by atoms with Crippen LogP contribution >= 0.6 is 22.6 Å². The van der Waals surface area contributed by atoms with Crippen molar-refractivity contribution >= 4 is 39.5 Å². The number of hydrogen-bond donors (Lipinski definition) is 0. The summed E-state index contributed by atoms with van der Waals surface area (Å²) in [5, 5.41) is 0.869. The van der Waals surface area contributed by atoms with E-state index in [1.165, 1.54) is 6.07 Å². The molecule has 0 amide bonds. The summed E-state index contributed by atoms with van der Waals surface area (Å²) in [4.78, 5) is 16.3. The predicted octanol–water partition coefficient (Wildman–Crippen LogP) is 4.01. The zero-order valence-corrected chi connectivity index (χ0v) is 14.6. The van der Waals surface area contributed by atoms with Gasteiger partial charge >= 0.3 is 5.97 Å². The molecule has 2 aromatic heterocycles. The monoisotopic (exact) mass is 424 g/mol. The minimum absolute atomic E-state index is 0.242. The van der Waals surface area contributed by atoms with Crippen LogP contribution in [0.15, 0.2) is 42.7 Å². The molecule has 6 heteroatoms. The minimum atomic E-state index is -0.422. The van der Waals surface area contributed by atoms with Gasteiger partial charge in [0.15, 0.2) is 0 Å². The van der Waals surface area contributed by atoms with Crippen molar-refractivity contribution in [3.8, 4) is 0 Å². The first kappa shape index (κ1) is 15.9. The van der Waals surface area contributed by atoms with Gasteiger partial charge in [0.05, 0.1) is 24.9 Å². The summed E-state index contributed by atoms with van der Waals surface area (Å²) in [5.74, 6) is -0.716. The van der Waals surface area contributed by atoms with Crippen molar-refractivity contribution in [1.29, 1.82) is 0 Å². The summed E-state index contributed by atoms with van der Waals surface area (Å²) < 4.78 is 21.9. The van der Waals surface area contributed by atoms with E-state index in [0.717, 1.165) is 14.5 Å². The van der Waals surface area contributed by atoms with E-state index >= 15 is 0 Å². The molecule has 3 aromatic rings. The van der Waals surface area contributed by atoms with Gasteiger partial charge in [-0.3, -0.25) is 4.98 Å². The summed E-state index contributed by atoms with van der Waals surface area (Å²) >= 11 is 2.06. The Morgan fingerprint density at radius 2 is 2.17 bits per heavy atom. The van der Waals surface area contributed by atoms with E-state index in [2.05, 4.69) is 27.6 Å². The predicted molar refractivity (Wildman–Crippen MR) is 93.9 cm³/mol. The van der Waals surface area contributed by atoms with E-state index in [-0.39, 0.29) is 19.0 Å². The topological polar surface area (TPSA) is 44.1 Å². The highest BCUT2D eigenvalue weighted by Crippen LogP contribution is 2.22. The summed E-state index contributed by atoms with van der Waals surface area (Å²) in [5.41, 5.74) is 1.68. The van der Waals surface area contributed by atoms with Gasteiger partial charge in [0.1, 0.15) is 11.5 Å². The van der Waals surface area contributed by atoms with E-state index in [1.54, 1.807) is 36.0 Å². The second kappa shape index (κ2) is 6.66. The standard InChI is InChI=1S/C17H14FIN2O2/c1-2-23-17(22)15-7-11-5-6-20-9-16(11)21(15)10-12-3-4-13(19)8-14(12)18/h3-9H,2,10H2,1H3. The van der Waals surface area contributed by atoms with Crippen LogP contribution in [0.4, 0.5) is 4.39 Å². The van der Waals surface area contributed by atoms with Crippen LogP contribution in [-0.2, 0) is 11.3 Å². The Hall–Kier alpha value is -1.96. The summed E-state index contributed by atoms with van der Waals surface area (Å²) in [6.07, 6.45) is 3.33. The highest BCUT2D eigenvalue weighted by atomic mass is 127. The third-order valence-electron chi connectivity index (χ3n) is 3.53. The molecule has 0 radical (unpaired) electrons. The van der Waals surface area contributed by atoms with Crippen LogP contribution in [0.5, 0.6) is 0 Å². The van der Waals surface area contributed by atoms with Gasteiger partial charge in [-0.25, -0.2) is 9.18 Å². The Labute approximate surface area is 146 Å². The number of carbonyl (C=O) groups excluding carboxylic acids is 1. The number of rotatable bonds is 4. The number of nitrogens with zero attached hydrogens (tertiary/aromatic N) is 2. The normalized spacial score (nSPS) is 10.9. The average molecular weight is 424 g/mol. The Kier molecular flexibility index (Phi) is 4.61. The molecule has 1 aromatic carbocycles. The number of hydrogen-bond acceptors (Lipinski definition) is 3. The first-order valence-corrected chi connectivity index (χ1v) is 8.22. The number of aromatic nitrogens is 2. The van der Waals surface area contributed by atoms with Crippen molar-refractivity contribution in [2.45, 2.75) is 13.5 Å². The molecule has 0 aliphatic carbocycles. The van der Waals surface area contributed by atoms with Crippen molar-refractivity contribution in [2.24, 2.45) is 0 Å². The Balaban J connectivity index is 2.10. The highest BCUT2D eigenvalue weighted by Gasteiger charge is 2.18. The number of ether oxygens (including phenoxy) is 1. The Bertz CT molecular complexity index is 876. The molecule has 0 saturated heterocycles. The second-order valence-electron chi connectivity index (χ2n) is 5.01. The lowest BCUT2D eigenvalue weighted by Gasteiger charge is -2.11. The van der Waals surface area contributed by atoms with Crippen LogP contribution in [-0.4, -0.2) is 22.1 Å². The van der Waals surface area contributed by atoms with Crippen LogP contribution in [0.3, 0.4) is 0 Å². The van der Waals surface area contributed by atoms with Gasteiger partial charge in [-0.15, -0.1) is 0 Å². The molecule has 0 fully saturated rings. The van der Waals surface area contributed by atoms with Crippen molar-refractivity contribution in [3.05, 3.63) is 63.4 Å². The summed E-state index contributed by atoms with van der Waals surface area (Å²) in [7, 11) is 0. The fraction of sp³-hybridized carbons (Fsp3) is 0.176. The first-order chi connectivity index (χ1) is 11.1. The molecule has 0 bridgehead atoms.